The average Bonchev–Trinajstić information content (AvgIpc) is 2.69. The van der Waals surface area contributed by atoms with Crippen LogP contribution in [-0.2, 0) is 6.54 Å². The Morgan fingerprint density at radius 1 is 1.29 bits per heavy atom. The molecular weight excluding hydrogens is 266 g/mol. The molecule has 0 radical (unpaired) electrons. The molecule has 21 heavy (non-hydrogen) atoms. The molecule has 0 saturated heterocycles. The third-order valence-electron chi connectivity index (χ3n) is 3.64. The second-order valence-corrected chi connectivity index (χ2v) is 5.16. The van der Waals surface area contributed by atoms with Gasteiger partial charge in [0.15, 0.2) is 5.43 Å². The van der Waals surface area contributed by atoms with Crippen LogP contribution in [0.25, 0.3) is 0 Å². The number of aryl methyl sites for hydroxylation is 1. The van der Waals surface area contributed by atoms with Crippen LogP contribution in [0.1, 0.15) is 21.6 Å². The Balaban J connectivity index is 2.03. The molecule has 5 heteroatoms. The number of pyridine rings is 1. The van der Waals surface area contributed by atoms with E-state index < -0.39 is 0 Å². The quantitative estimate of drug-likeness (QED) is 0.832. The summed E-state index contributed by atoms with van der Waals surface area (Å²) in [4.78, 5) is 29.4. The van der Waals surface area contributed by atoms with Crippen molar-refractivity contribution in [3.63, 3.8) is 0 Å². The molecule has 0 spiro atoms. The van der Waals surface area contributed by atoms with Crippen LogP contribution >= 0.6 is 0 Å². The fourth-order valence-electron chi connectivity index (χ4n) is 2.55. The maximum absolute atomic E-state index is 12.7. The Bertz CT molecular complexity index is 736. The molecule has 0 unspecified atom stereocenters. The van der Waals surface area contributed by atoms with Gasteiger partial charge in [-0.15, -0.1) is 0 Å². The molecule has 1 aliphatic heterocycles. The van der Waals surface area contributed by atoms with Gasteiger partial charge in [0.1, 0.15) is 5.56 Å². The number of nitrogens with one attached hydrogen (secondary N) is 2. The molecule has 1 aliphatic rings. The molecule has 0 saturated carbocycles. The summed E-state index contributed by atoms with van der Waals surface area (Å²) in [6.07, 6.45) is 1.50. The molecule has 2 aromatic rings. The third-order valence-corrected chi connectivity index (χ3v) is 3.64. The van der Waals surface area contributed by atoms with Crippen molar-refractivity contribution in [2.75, 3.05) is 18.0 Å². The van der Waals surface area contributed by atoms with Crippen LogP contribution in [-0.4, -0.2) is 24.0 Å². The summed E-state index contributed by atoms with van der Waals surface area (Å²) in [7, 11) is 0. The summed E-state index contributed by atoms with van der Waals surface area (Å²) in [5.41, 5.74) is 2.61. The molecule has 3 rings (SSSR count). The summed E-state index contributed by atoms with van der Waals surface area (Å²) in [6.45, 7) is 3.76. The van der Waals surface area contributed by atoms with Crippen molar-refractivity contribution in [3.05, 3.63) is 63.6 Å². The number of hydrogen-bond acceptors (Lipinski definition) is 3. The van der Waals surface area contributed by atoms with Crippen molar-refractivity contribution in [1.29, 1.82) is 0 Å². The molecular formula is C16H17N3O2. The highest BCUT2D eigenvalue weighted by Crippen LogP contribution is 2.23. The number of para-hydroxylation sites is 1. The second-order valence-electron chi connectivity index (χ2n) is 5.16. The summed E-state index contributed by atoms with van der Waals surface area (Å²) >= 11 is 0. The summed E-state index contributed by atoms with van der Waals surface area (Å²) in [5, 5.41) is 3.28. The van der Waals surface area contributed by atoms with Crippen molar-refractivity contribution >= 4 is 11.6 Å². The first-order chi connectivity index (χ1) is 10.2. The molecule has 2 N–H and O–H groups in total. The number of aromatic nitrogens is 1. The zero-order chi connectivity index (χ0) is 14.8. The van der Waals surface area contributed by atoms with Gasteiger partial charge < -0.3 is 15.2 Å². The lowest BCUT2D eigenvalue weighted by Gasteiger charge is -2.22. The lowest BCUT2D eigenvalue weighted by molar-refractivity contribution is 0.0986. The van der Waals surface area contributed by atoms with Crippen molar-refractivity contribution in [3.8, 4) is 0 Å². The number of aromatic amines is 1. The smallest absolute Gasteiger partial charge is 0.263 e. The van der Waals surface area contributed by atoms with Gasteiger partial charge >= 0.3 is 0 Å². The normalized spacial score (nSPS) is 14.4. The van der Waals surface area contributed by atoms with Crippen molar-refractivity contribution in [2.45, 2.75) is 13.5 Å². The van der Waals surface area contributed by atoms with Crippen LogP contribution in [0.2, 0.25) is 0 Å². The Hall–Kier alpha value is -2.40. The molecule has 0 atom stereocenters. The lowest BCUT2D eigenvalue weighted by Crippen LogP contribution is -2.37. The average molecular weight is 283 g/mol. The lowest BCUT2D eigenvalue weighted by atomic mass is 10.1. The Morgan fingerprint density at radius 2 is 2.10 bits per heavy atom. The summed E-state index contributed by atoms with van der Waals surface area (Å²) in [6, 6.07) is 9.22. The fraction of sp³-hybridized carbons (Fsp3) is 0.250. The zero-order valence-electron chi connectivity index (χ0n) is 11.8. The Morgan fingerprint density at radius 3 is 2.90 bits per heavy atom. The van der Waals surface area contributed by atoms with Gasteiger partial charge in [0.25, 0.3) is 5.91 Å². The maximum atomic E-state index is 12.7. The highest BCUT2D eigenvalue weighted by Gasteiger charge is 2.23. The van der Waals surface area contributed by atoms with E-state index in [1.807, 2.05) is 24.3 Å². The largest absolute Gasteiger partial charge is 0.364 e. The van der Waals surface area contributed by atoms with Crippen LogP contribution in [0.4, 0.5) is 5.69 Å². The van der Waals surface area contributed by atoms with Gasteiger partial charge in [-0.1, -0.05) is 18.2 Å². The number of carbonyl (C=O) groups is 1. The van der Waals surface area contributed by atoms with E-state index in [4.69, 9.17) is 0 Å². The molecule has 0 fully saturated rings. The minimum atomic E-state index is -0.257. The first-order valence-corrected chi connectivity index (χ1v) is 6.96. The second kappa shape index (κ2) is 5.54. The molecule has 108 valence electrons. The summed E-state index contributed by atoms with van der Waals surface area (Å²) < 4.78 is 0. The summed E-state index contributed by atoms with van der Waals surface area (Å²) in [5.74, 6) is -0.257. The molecule has 0 bridgehead atoms. The minimum Gasteiger partial charge on any atom is -0.364 e. The number of anilines is 1. The standard InChI is InChI=1S/C16H17N3O2/c1-11-8-15(20)13(10-18-11)16(21)19-7-6-17-9-12-4-2-3-5-14(12)19/h2-5,8,10,17H,6-7,9H2,1H3,(H,18,20). The van der Waals surface area contributed by atoms with Crippen molar-refractivity contribution in [1.82, 2.24) is 10.3 Å². The van der Waals surface area contributed by atoms with Gasteiger partial charge in [0.05, 0.1) is 0 Å². The number of amides is 1. The molecule has 1 aromatic carbocycles. The Labute approximate surface area is 122 Å². The molecule has 2 heterocycles. The van der Waals surface area contributed by atoms with Gasteiger partial charge in [0.2, 0.25) is 0 Å². The highest BCUT2D eigenvalue weighted by molar-refractivity contribution is 6.06. The van der Waals surface area contributed by atoms with Gasteiger partial charge in [-0.3, -0.25) is 9.59 Å². The SMILES string of the molecule is Cc1cc(=O)c(C(=O)N2CCNCc3ccccc32)c[nH]1. The van der Waals surface area contributed by atoms with E-state index >= 15 is 0 Å². The molecule has 5 nitrogen and oxygen atoms in total. The Kier molecular flexibility index (Phi) is 3.58. The van der Waals surface area contributed by atoms with E-state index in [1.165, 1.54) is 12.3 Å². The van der Waals surface area contributed by atoms with Crippen molar-refractivity contribution in [2.24, 2.45) is 0 Å². The van der Waals surface area contributed by atoms with E-state index in [0.29, 0.717) is 13.1 Å². The number of H-pyrrole nitrogens is 1. The number of carbonyl (C=O) groups excluding carboxylic acids is 1. The zero-order valence-corrected chi connectivity index (χ0v) is 11.8. The number of rotatable bonds is 1. The predicted octanol–water partition coefficient (Wildman–Crippen LogP) is 1.43. The van der Waals surface area contributed by atoms with Gasteiger partial charge in [-0.25, -0.2) is 0 Å². The third kappa shape index (κ3) is 2.60. The first-order valence-electron chi connectivity index (χ1n) is 6.96. The topological polar surface area (TPSA) is 65.2 Å². The van der Waals surface area contributed by atoms with Crippen LogP contribution in [0, 0.1) is 6.92 Å². The van der Waals surface area contributed by atoms with E-state index in [1.54, 1.807) is 11.8 Å². The van der Waals surface area contributed by atoms with Gasteiger partial charge in [0, 0.05) is 43.3 Å². The molecule has 1 amide bonds. The van der Waals surface area contributed by atoms with Crippen LogP contribution in [0.3, 0.4) is 0 Å². The van der Waals surface area contributed by atoms with Crippen LogP contribution < -0.4 is 15.6 Å². The van der Waals surface area contributed by atoms with Crippen LogP contribution in [0.15, 0.2) is 41.3 Å². The number of hydrogen-bond donors (Lipinski definition) is 2. The maximum Gasteiger partial charge on any atom is 0.263 e. The minimum absolute atomic E-state index is 0.178. The number of fused-ring (bicyclic) bond motifs is 1. The molecule has 1 aromatic heterocycles. The monoisotopic (exact) mass is 283 g/mol. The molecule has 0 aliphatic carbocycles. The van der Waals surface area contributed by atoms with Gasteiger partial charge in [-0.2, -0.15) is 0 Å². The van der Waals surface area contributed by atoms with Gasteiger partial charge in [-0.05, 0) is 18.6 Å². The fourth-order valence-corrected chi connectivity index (χ4v) is 2.55. The first kappa shape index (κ1) is 13.6. The predicted molar refractivity (Wildman–Crippen MR) is 81.6 cm³/mol. The number of nitrogens with zero attached hydrogens (tertiary/aromatic N) is 1. The number of benzene rings is 1. The van der Waals surface area contributed by atoms with E-state index in [0.717, 1.165) is 23.5 Å². The highest BCUT2D eigenvalue weighted by atomic mass is 16.2. The van der Waals surface area contributed by atoms with E-state index in [9.17, 15) is 9.59 Å². The van der Waals surface area contributed by atoms with E-state index in [-0.39, 0.29) is 16.9 Å². The van der Waals surface area contributed by atoms with E-state index in [2.05, 4.69) is 10.3 Å². The van der Waals surface area contributed by atoms with Crippen molar-refractivity contribution < 1.29 is 4.79 Å². The van der Waals surface area contributed by atoms with Crippen LogP contribution in [0.5, 0.6) is 0 Å².